The first-order valence-electron chi connectivity index (χ1n) is 9.57. The fourth-order valence-corrected chi connectivity index (χ4v) is 3.68. The number of amides is 2. The Hall–Kier alpha value is -1.30. The van der Waals surface area contributed by atoms with Crippen LogP contribution in [0.1, 0.15) is 46.5 Å². The van der Waals surface area contributed by atoms with E-state index in [2.05, 4.69) is 11.9 Å². The van der Waals surface area contributed by atoms with Crippen LogP contribution < -0.4 is 0 Å². The molecule has 144 valence electrons. The summed E-state index contributed by atoms with van der Waals surface area (Å²) in [5.41, 5.74) is -0.460. The average molecular weight is 354 g/mol. The Morgan fingerprint density at radius 1 is 1.04 bits per heavy atom. The topological polar surface area (TPSA) is 53.1 Å². The van der Waals surface area contributed by atoms with Gasteiger partial charge in [-0.05, 0) is 59.4 Å². The first-order chi connectivity index (χ1) is 11.7. The van der Waals surface area contributed by atoms with Crippen LogP contribution in [-0.2, 0) is 9.53 Å². The molecule has 0 radical (unpaired) electrons. The lowest BCUT2D eigenvalue weighted by atomic mass is 9.81. The summed E-state index contributed by atoms with van der Waals surface area (Å²) in [6, 6.07) is 0. The van der Waals surface area contributed by atoms with Gasteiger partial charge in [0.2, 0.25) is 5.91 Å². The molecule has 6 heteroatoms. The smallest absolute Gasteiger partial charge is 0.410 e. The zero-order valence-corrected chi connectivity index (χ0v) is 16.6. The Labute approximate surface area is 152 Å². The molecule has 2 amide bonds. The number of carbonyl (C=O) groups is 2. The minimum atomic E-state index is -0.460. The number of ether oxygens (including phenoxy) is 1. The fraction of sp³-hybridized carbons (Fsp3) is 0.895. The van der Waals surface area contributed by atoms with Crippen LogP contribution in [0.4, 0.5) is 4.79 Å². The van der Waals surface area contributed by atoms with Crippen molar-refractivity contribution in [3.05, 3.63) is 0 Å². The molecule has 6 nitrogen and oxygen atoms in total. The average Bonchev–Trinajstić information content (AvgIpc) is 2.54. The Balaban J connectivity index is 1.74. The lowest BCUT2D eigenvalue weighted by Gasteiger charge is -2.37. The minimum Gasteiger partial charge on any atom is -0.444 e. The molecule has 1 saturated heterocycles. The number of rotatable bonds is 3. The summed E-state index contributed by atoms with van der Waals surface area (Å²) in [6.07, 6.45) is 3.65. The second kappa shape index (κ2) is 8.39. The van der Waals surface area contributed by atoms with Gasteiger partial charge in [0.05, 0.1) is 0 Å². The van der Waals surface area contributed by atoms with Gasteiger partial charge in [0.25, 0.3) is 0 Å². The van der Waals surface area contributed by atoms with Gasteiger partial charge in [0.1, 0.15) is 5.60 Å². The third kappa shape index (κ3) is 6.17. The van der Waals surface area contributed by atoms with E-state index < -0.39 is 5.60 Å². The first-order valence-corrected chi connectivity index (χ1v) is 9.57. The molecule has 0 bridgehead atoms. The summed E-state index contributed by atoms with van der Waals surface area (Å²) in [7, 11) is 3.91. The van der Waals surface area contributed by atoms with Crippen molar-refractivity contribution in [2.45, 2.75) is 52.1 Å². The quantitative estimate of drug-likeness (QED) is 0.782. The van der Waals surface area contributed by atoms with E-state index in [4.69, 9.17) is 4.74 Å². The highest BCUT2D eigenvalue weighted by atomic mass is 16.6. The van der Waals surface area contributed by atoms with Crippen molar-refractivity contribution in [1.29, 1.82) is 0 Å². The van der Waals surface area contributed by atoms with Crippen LogP contribution in [0.2, 0.25) is 0 Å². The molecule has 1 aliphatic heterocycles. The van der Waals surface area contributed by atoms with Crippen molar-refractivity contribution < 1.29 is 14.3 Å². The van der Waals surface area contributed by atoms with Gasteiger partial charge in [-0.3, -0.25) is 4.79 Å². The highest BCUT2D eigenvalue weighted by molar-refractivity contribution is 5.79. The Morgan fingerprint density at radius 3 is 2.12 bits per heavy atom. The highest BCUT2D eigenvalue weighted by Gasteiger charge is 2.31. The van der Waals surface area contributed by atoms with Crippen LogP contribution in [-0.4, -0.2) is 79.1 Å². The largest absolute Gasteiger partial charge is 0.444 e. The molecule has 0 aromatic rings. The Bertz CT molecular complexity index is 459. The van der Waals surface area contributed by atoms with Gasteiger partial charge in [0, 0.05) is 45.7 Å². The van der Waals surface area contributed by atoms with Crippen LogP contribution in [0.25, 0.3) is 0 Å². The lowest BCUT2D eigenvalue weighted by Crippen LogP contribution is -2.49. The molecule has 0 spiro atoms. The predicted molar refractivity (Wildman–Crippen MR) is 98.4 cm³/mol. The minimum absolute atomic E-state index is 0.173. The standard InChI is InChI=1S/C19H35N3O3/c1-19(2,3)25-18(24)21(5)14-15-6-8-16(9-7-15)17(23)22-12-10-20(4)11-13-22/h15-16H,6-14H2,1-5H3/t15-,16-. The van der Waals surface area contributed by atoms with Gasteiger partial charge in [-0.25, -0.2) is 4.79 Å². The molecule has 0 atom stereocenters. The maximum absolute atomic E-state index is 12.7. The lowest BCUT2D eigenvalue weighted by molar-refractivity contribution is -0.138. The van der Waals surface area contributed by atoms with Crippen LogP contribution in [0, 0.1) is 11.8 Å². The van der Waals surface area contributed by atoms with Crippen LogP contribution >= 0.6 is 0 Å². The molecular weight excluding hydrogens is 318 g/mol. The number of carbonyl (C=O) groups excluding carboxylic acids is 2. The Kier molecular flexibility index (Phi) is 6.72. The predicted octanol–water partition coefficient (Wildman–Crippen LogP) is 2.43. The molecule has 2 rings (SSSR count). The third-order valence-corrected chi connectivity index (χ3v) is 5.25. The number of nitrogens with zero attached hydrogens (tertiary/aromatic N) is 3. The van der Waals surface area contributed by atoms with Gasteiger partial charge >= 0.3 is 6.09 Å². The summed E-state index contributed by atoms with van der Waals surface area (Å²) in [5.74, 6) is 0.979. The molecule has 25 heavy (non-hydrogen) atoms. The molecule has 2 aliphatic rings. The monoisotopic (exact) mass is 353 g/mol. The normalized spacial score (nSPS) is 25.6. The summed E-state index contributed by atoms with van der Waals surface area (Å²) < 4.78 is 5.41. The Morgan fingerprint density at radius 2 is 1.60 bits per heavy atom. The number of likely N-dealkylation sites (N-methyl/N-ethyl adjacent to an activating group) is 1. The number of hydrogen-bond acceptors (Lipinski definition) is 4. The first kappa shape index (κ1) is 20.0. The number of piperazine rings is 1. The SMILES string of the molecule is CN1CCN(C(=O)[C@H]2CC[C@H](CN(C)C(=O)OC(C)(C)C)CC2)CC1. The van der Waals surface area contributed by atoms with Crippen molar-refractivity contribution in [2.75, 3.05) is 46.8 Å². The molecule has 2 fully saturated rings. The van der Waals surface area contributed by atoms with Gasteiger partial charge in [-0.15, -0.1) is 0 Å². The molecule has 0 aromatic carbocycles. The van der Waals surface area contributed by atoms with E-state index >= 15 is 0 Å². The van der Waals surface area contributed by atoms with Crippen molar-refractivity contribution >= 4 is 12.0 Å². The van der Waals surface area contributed by atoms with Crippen molar-refractivity contribution in [3.8, 4) is 0 Å². The van der Waals surface area contributed by atoms with E-state index in [1.54, 1.807) is 11.9 Å². The molecule has 1 saturated carbocycles. The van der Waals surface area contributed by atoms with E-state index in [9.17, 15) is 9.59 Å². The van der Waals surface area contributed by atoms with E-state index in [0.717, 1.165) is 51.9 Å². The fourth-order valence-electron chi connectivity index (χ4n) is 3.68. The van der Waals surface area contributed by atoms with E-state index in [-0.39, 0.29) is 12.0 Å². The van der Waals surface area contributed by atoms with Gasteiger partial charge in [-0.1, -0.05) is 0 Å². The highest BCUT2D eigenvalue weighted by Crippen LogP contribution is 2.31. The maximum Gasteiger partial charge on any atom is 0.410 e. The van der Waals surface area contributed by atoms with Crippen molar-refractivity contribution in [3.63, 3.8) is 0 Å². The zero-order chi connectivity index (χ0) is 18.6. The van der Waals surface area contributed by atoms with Crippen molar-refractivity contribution in [1.82, 2.24) is 14.7 Å². The summed E-state index contributed by atoms with van der Waals surface area (Å²) in [6.45, 7) is 10.0. The van der Waals surface area contributed by atoms with Crippen molar-refractivity contribution in [2.24, 2.45) is 11.8 Å². The summed E-state index contributed by atoms with van der Waals surface area (Å²) >= 11 is 0. The van der Waals surface area contributed by atoms with E-state index in [1.165, 1.54) is 0 Å². The maximum atomic E-state index is 12.7. The molecule has 0 aromatic heterocycles. The second-order valence-electron chi connectivity index (χ2n) is 8.71. The van der Waals surface area contributed by atoms with E-state index in [1.807, 2.05) is 25.7 Å². The second-order valence-corrected chi connectivity index (χ2v) is 8.71. The zero-order valence-electron chi connectivity index (χ0n) is 16.6. The van der Waals surface area contributed by atoms with Gasteiger partial charge in [0.15, 0.2) is 0 Å². The van der Waals surface area contributed by atoms with Crippen LogP contribution in [0.3, 0.4) is 0 Å². The molecule has 1 aliphatic carbocycles. The summed E-state index contributed by atoms with van der Waals surface area (Å²) in [5, 5.41) is 0. The molecular formula is C19H35N3O3. The molecule has 1 heterocycles. The number of hydrogen-bond donors (Lipinski definition) is 0. The molecule has 0 unspecified atom stereocenters. The van der Waals surface area contributed by atoms with Crippen LogP contribution in [0.5, 0.6) is 0 Å². The third-order valence-electron chi connectivity index (χ3n) is 5.25. The van der Waals surface area contributed by atoms with Gasteiger partial charge in [-0.2, -0.15) is 0 Å². The van der Waals surface area contributed by atoms with Crippen LogP contribution in [0.15, 0.2) is 0 Å². The van der Waals surface area contributed by atoms with E-state index in [0.29, 0.717) is 18.4 Å². The summed E-state index contributed by atoms with van der Waals surface area (Å²) in [4.78, 5) is 30.7. The molecule has 0 N–H and O–H groups in total. The van der Waals surface area contributed by atoms with Gasteiger partial charge < -0.3 is 19.4 Å².